The summed E-state index contributed by atoms with van der Waals surface area (Å²) >= 11 is 0. The minimum absolute atomic E-state index is 0.0729. The summed E-state index contributed by atoms with van der Waals surface area (Å²) in [5.41, 5.74) is 2.30. The molecule has 1 N–H and O–H groups in total. The fourth-order valence-corrected chi connectivity index (χ4v) is 5.33. The number of hydrogen-bond acceptors (Lipinski definition) is 4. The number of amides is 1. The van der Waals surface area contributed by atoms with Crippen LogP contribution in [0.25, 0.3) is 0 Å². The molecule has 8 heteroatoms. The minimum Gasteiger partial charge on any atom is -0.372 e. The number of hydrogen-bond donors (Lipinski definition) is 1. The number of nitrogens with zero attached hydrogens (tertiary/aromatic N) is 3. The maximum absolute atomic E-state index is 12.8. The molecule has 0 aliphatic carbocycles. The van der Waals surface area contributed by atoms with Crippen molar-refractivity contribution in [3.05, 3.63) is 29.8 Å². The number of benzene rings is 1. The molecule has 0 spiro atoms. The second kappa shape index (κ2) is 9.45. The Morgan fingerprint density at radius 1 is 1.07 bits per heavy atom. The predicted molar refractivity (Wildman–Crippen MR) is 116 cm³/mol. The smallest absolute Gasteiger partial charge is 0.281 e. The van der Waals surface area contributed by atoms with E-state index in [2.05, 4.69) is 34.5 Å². The molecule has 0 radical (unpaired) electrons. The minimum atomic E-state index is -3.48. The Labute approximate surface area is 175 Å². The highest BCUT2D eigenvalue weighted by atomic mass is 32.2. The van der Waals surface area contributed by atoms with Crippen molar-refractivity contribution in [2.24, 2.45) is 5.92 Å². The highest BCUT2D eigenvalue weighted by Gasteiger charge is 2.33. The normalized spacial score (nSPS) is 22.5. The predicted octanol–water partition coefficient (Wildman–Crippen LogP) is 2.37. The third-order valence-corrected chi connectivity index (χ3v) is 7.92. The van der Waals surface area contributed by atoms with E-state index in [4.69, 9.17) is 0 Å². The van der Waals surface area contributed by atoms with E-state index in [9.17, 15) is 13.2 Å². The SMILES string of the molecule is C[C@@H](NC(=O)[C@@H]1CCCN(S(=O)(=O)N(C)C)C1)c1ccc(N2CCCCC2)cc1. The Morgan fingerprint density at radius 2 is 1.72 bits per heavy atom. The quantitative estimate of drug-likeness (QED) is 0.764. The summed E-state index contributed by atoms with van der Waals surface area (Å²) in [6, 6.07) is 8.32. The lowest BCUT2D eigenvalue weighted by atomic mass is 9.97. The van der Waals surface area contributed by atoms with Crippen molar-refractivity contribution in [3.8, 4) is 0 Å². The van der Waals surface area contributed by atoms with Gasteiger partial charge in [-0.05, 0) is 56.7 Å². The van der Waals surface area contributed by atoms with Gasteiger partial charge in [0.15, 0.2) is 0 Å². The number of nitrogens with one attached hydrogen (secondary N) is 1. The van der Waals surface area contributed by atoms with Crippen LogP contribution in [0.2, 0.25) is 0 Å². The van der Waals surface area contributed by atoms with Crippen LogP contribution in [0, 0.1) is 5.92 Å². The van der Waals surface area contributed by atoms with Crippen LogP contribution in [0.3, 0.4) is 0 Å². The van der Waals surface area contributed by atoms with Crippen LogP contribution in [0.4, 0.5) is 5.69 Å². The van der Waals surface area contributed by atoms with E-state index in [-0.39, 0.29) is 24.4 Å². The summed E-state index contributed by atoms with van der Waals surface area (Å²) in [5.74, 6) is -0.384. The van der Waals surface area contributed by atoms with Crippen LogP contribution >= 0.6 is 0 Å². The van der Waals surface area contributed by atoms with Gasteiger partial charge in [0.25, 0.3) is 10.2 Å². The molecule has 2 fully saturated rings. The highest BCUT2D eigenvalue weighted by Crippen LogP contribution is 2.24. The Balaban J connectivity index is 1.58. The number of carbonyl (C=O) groups is 1. The van der Waals surface area contributed by atoms with Gasteiger partial charge in [-0.2, -0.15) is 17.0 Å². The van der Waals surface area contributed by atoms with Gasteiger partial charge in [0.1, 0.15) is 0 Å². The van der Waals surface area contributed by atoms with E-state index in [1.807, 2.05) is 6.92 Å². The van der Waals surface area contributed by atoms with Gasteiger partial charge in [-0.3, -0.25) is 4.79 Å². The van der Waals surface area contributed by atoms with Crippen molar-refractivity contribution in [2.75, 3.05) is 45.2 Å². The van der Waals surface area contributed by atoms with Crippen molar-refractivity contribution in [1.29, 1.82) is 0 Å². The van der Waals surface area contributed by atoms with Crippen molar-refractivity contribution in [3.63, 3.8) is 0 Å². The molecule has 0 unspecified atom stereocenters. The summed E-state index contributed by atoms with van der Waals surface area (Å²) < 4.78 is 27.4. The maximum atomic E-state index is 12.8. The van der Waals surface area contributed by atoms with Crippen molar-refractivity contribution >= 4 is 21.8 Å². The zero-order valence-corrected chi connectivity index (χ0v) is 18.6. The first kappa shape index (κ1) is 22.1. The molecule has 0 bridgehead atoms. The van der Waals surface area contributed by atoms with E-state index in [0.29, 0.717) is 19.4 Å². The third-order valence-electron chi connectivity index (χ3n) is 6.02. The standard InChI is InChI=1S/C21H34N4O3S/c1-17(18-9-11-20(12-10-18)24-13-5-4-6-14-24)22-21(26)19-8-7-15-25(16-19)29(27,28)23(2)3/h9-12,17,19H,4-8,13-16H2,1-3H3,(H,22,26)/t17-,19-/m1/s1. The summed E-state index contributed by atoms with van der Waals surface area (Å²) in [6.45, 7) is 4.91. The Bertz CT molecular complexity index is 789. The number of rotatable bonds is 6. The summed E-state index contributed by atoms with van der Waals surface area (Å²) in [5, 5.41) is 3.08. The highest BCUT2D eigenvalue weighted by molar-refractivity contribution is 7.86. The maximum Gasteiger partial charge on any atom is 0.281 e. The number of piperidine rings is 2. The first-order chi connectivity index (χ1) is 13.8. The molecule has 2 aliphatic heterocycles. The molecule has 1 aromatic carbocycles. The van der Waals surface area contributed by atoms with E-state index in [0.717, 1.165) is 18.7 Å². The first-order valence-corrected chi connectivity index (χ1v) is 12.0. The molecule has 2 atom stereocenters. The molecular formula is C21H34N4O3S. The van der Waals surface area contributed by atoms with Crippen LogP contribution in [-0.2, 0) is 15.0 Å². The lowest BCUT2D eigenvalue weighted by molar-refractivity contribution is -0.126. The molecule has 1 aromatic rings. The molecule has 3 rings (SSSR count). The zero-order valence-electron chi connectivity index (χ0n) is 17.8. The largest absolute Gasteiger partial charge is 0.372 e. The molecule has 0 saturated carbocycles. The van der Waals surface area contributed by atoms with Crippen LogP contribution in [-0.4, -0.2) is 63.2 Å². The van der Waals surface area contributed by atoms with Gasteiger partial charge in [0, 0.05) is 46.0 Å². The molecule has 2 heterocycles. The van der Waals surface area contributed by atoms with Gasteiger partial charge >= 0.3 is 0 Å². The Hall–Kier alpha value is -1.64. The first-order valence-electron chi connectivity index (χ1n) is 10.6. The van der Waals surface area contributed by atoms with Gasteiger partial charge in [0.05, 0.1) is 12.0 Å². The zero-order chi connectivity index (χ0) is 21.0. The van der Waals surface area contributed by atoms with Crippen LogP contribution < -0.4 is 10.2 Å². The Kier molecular flexibility index (Phi) is 7.19. The van der Waals surface area contributed by atoms with E-state index < -0.39 is 10.2 Å². The average Bonchev–Trinajstić information content (AvgIpc) is 2.74. The molecule has 7 nitrogen and oxygen atoms in total. The van der Waals surface area contributed by atoms with Gasteiger partial charge in [-0.25, -0.2) is 0 Å². The second-order valence-electron chi connectivity index (χ2n) is 8.36. The summed E-state index contributed by atoms with van der Waals surface area (Å²) in [7, 11) is -0.436. The van der Waals surface area contributed by atoms with Crippen molar-refractivity contribution in [1.82, 2.24) is 13.9 Å². The molecule has 29 heavy (non-hydrogen) atoms. The van der Waals surface area contributed by atoms with Crippen molar-refractivity contribution in [2.45, 2.75) is 45.1 Å². The fraction of sp³-hybridized carbons (Fsp3) is 0.667. The molecule has 2 aliphatic rings. The van der Waals surface area contributed by atoms with Gasteiger partial charge in [0.2, 0.25) is 5.91 Å². The van der Waals surface area contributed by atoms with Gasteiger partial charge in [-0.15, -0.1) is 0 Å². The molecular weight excluding hydrogens is 388 g/mol. The van der Waals surface area contributed by atoms with Crippen LogP contribution in [0.15, 0.2) is 24.3 Å². The number of anilines is 1. The third kappa shape index (κ3) is 5.29. The van der Waals surface area contributed by atoms with E-state index in [1.165, 1.54) is 47.7 Å². The van der Waals surface area contributed by atoms with Gasteiger partial charge in [-0.1, -0.05) is 12.1 Å². The Morgan fingerprint density at radius 3 is 2.34 bits per heavy atom. The van der Waals surface area contributed by atoms with Crippen molar-refractivity contribution < 1.29 is 13.2 Å². The number of carbonyl (C=O) groups excluding carboxylic acids is 1. The summed E-state index contributed by atoms with van der Waals surface area (Å²) in [4.78, 5) is 15.2. The topological polar surface area (TPSA) is 73.0 Å². The lowest BCUT2D eigenvalue weighted by Gasteiger charge is -2.33. The van der Waals surface area contributed by atoms with Crippen LogP contribution in [0.5, 0.6) is 0 Å². The molecule has 0 aromatic heterocycles. The van der Waals surface area contributed by atoms with E-state index >= 15 is 0 Å². The molecule has 2 saturated heterocycles. The fourth-order valence-electron chi connectivity index (χ4n) is 4.14. The lowest BCUT2D eigenvalue weighted by Crippen LogP contribution is -2.49. The monoisotopic (exact) mass is 422 g/mol. The van der Waals surface area contributed by atoms with E-state index in [1.54, 1.807) is 0 Å². The molecule has 162 valence electrons. The summed E-state index contributed by atoms with van der Waals surface area (Å²) in [6.07, 6.45) is 5.22. The van der Waals surface area contributed by atoms with Gasteiger partial charge < -0.3 is 10.2 Å². The molecule has 1 amide bonds. The average molecular weight is 423 g/mol. The van der Waals surface area contributed by atoms with Crippen LogP contribution in [0.1, 0.15) is 50.6 Å². The second-order valence-corrected chi connectivity index (χ2v) is 10.5.